The van der Waals surface area contributed by atoms with Crippen LogP contribution in [-0.4, -0.2) is 96.2 Å². The van der Waals surface area contributed by atoms with Gasteiger partial charge in [0.25, 0.3) is 0 Å². The minimum absolute atomic E-state index is 0.159. The number of hydrogen-bond acceptors (Lipinski definition) is 5. The third kappa shape index (κ3) is 6.74. The Morgan fingerprint density at radius 1 is 1.00 bits per heavy atom. The molecule has 3 aliphatic heterocycles. The molecule has 1 aromatic carbocycles. The highest BCUT2D eigenvalue weighted by atomic mass is 19.4. The second-order valence-corrected chi connectivity index (χ2v) is 9.80. The molecule has 2 amide bonds. The lowest BCUT2D eigenvalue weighted by molar-refractivity contribution is -0.192. The second-order valence-electron chi connectivity index (χ2n) is 9.80. The summed E-state index contributed by atoms with van der Waals surface area (Å²) in [6.45, 7) is 7.39. The molecule has 0 spiro atoms. The van der Waals surface area contributed by atoms with Crippen LogP contribution in [0.2, 0.25) is 0 Å². The van der Waals surface area contributed by atoms with E-state index in [9.17, 15) is 22.8 Å². The van der Waals surface area contributed by atoms with E-state index in [1.807, 2.05) is 29.2 Å². The minimum Gasteiger partial charge on any atom is -0.497 e. The van der Waals surface area contributed by atoms with Crippen molar-refractivity contribution in [3.63, 3.8) is 0 Å². The zero-order valence-electron chi connectivity index (χ0n) is 21.4. The molecule has 0 aliphatic carbocycles. The zero-order chi connectivity index (χ0) is 27.2. The molecule has 3 heterocycles. The van der Waals surface area contributed by atoms with Gasteiger partial charge < -0.3 is 19.6 Å². The summed E-state index contributed by atoms with van der Waals surface area (Å²) < 4.78 is 36.9. The molecule has 0 saturated carbocycles. The largest absolute Gasteiger partial charge is 0.497 e. The molecule has 3 fully saturated rings. The van der Waals surface area contributed by atoms with Crippen molar-refractivity contribution in [1.29, 1.82) is 0 Å². The summed E-state index contributed by atoms with van der Waals surface area (Å²) in [4.78, 5) is 42.2. The maximum absolute atomic E-state index is 13.6. The van der Waals surface area contributed by atoms with E-state index >= 15 is 0 Å². The Balaban J connectivity index is 0.000000479. The smallest absolute Gasteiger partial charge is 0.490 e. The zero-order valence-corrected chi connectivity index (χ0v) is 21.4. The number of carbonyl (C=O) groups excluding carboxylic acids is 2. The molecule has 0 bridgehead atoms. The van der Waals surface area contributed by atoms with Gasteiger partial charge in [-0.25, -0.2) is 4.79 Å². The molecule has 4 rings (SSSR count). The number of carbonyl (C=O) groups is 3. The van der Waals surface area contributed by atoms with E-state index in [0.29, 0.717) is 18.9 Å². The lowest BCUT2D eigenvalue weighted by atomic mass is 9.75. The molecule has 0 aromatic heterocycles. The number of methoxy groups -OCH3 is 1. The molecule has 2 atom stereocenters. The molecule has 0 unspecified atom stereocenters. The number of alkyl halides is 3. The Labute approximate surface area is 215 Å². The number of amides is 2. The van der Waals surface area contributed by atoms with Gasteiger partial charge in [-0.3, -0.25) is 14.5 Å². The van der Waals surface area contributed by atoms with Gasteiger partial charge in [0, 0.05) is 32.2 Å². The van der Waals surface area contributed by atoms with Gasteiger partial charge in [0.2, 0.25) is 11.8 Å². The standard InChI is InChI=1S/C24H35N3O3.C2HF3O2/c1-3-25-16-11-24(23(29)27-13-4-5-14-27)12-17-26(15-10-21(24)25)22(28)18-19-6-8-20(30-2)9-7-19;3-2(4,5)1(6)7/h6-9,21H,3-5,10-18H2,1-2H3;(H,6,7)/t21-,24-;/m1./s1. The minimum atomic E-state index is -5.08. The first-order valence-corrected chi connectivity index (χ1v) is 12.8. The van der Waals surface area contributed by atoms with Crippen LogP contribution in [0, 0.1) is 5.41 Å². The molecular formula is C26H36F3N3O5. The normalized spacial score (nSPS) is 24.1. The molecule has 37 heavy (non-hydrogen) atoms. The van der Waals surface area contributed by atoms with Gasteiger partial charge >= 0.3 is 12.1 Å². The first-order chi connectivity index (χ1) is 17.5. The molecule has 1 aromatic rings. The van der Waals surface area contributed by atoms with Gasteiger partial charge in [0.05, 0.1) is 18.9 Å². The summed E-state index contributed by atoms with van der Waals surface area (Å²) in [5.74, 6) is -1.44. The summed E-state index contributed by atoms with van der Waals surface area (Å²) in [6, 6.07) is 7.98. The Hall–Kier alpha value is -2.82. The van der Waals surface area contributed by atoms with E-state index in [-0.39, 0.29) is 17.4 Å². The average Bonchev–Trinajstić information content (AvgIpc) is 3.48. The Kier molecular flexibility index (Phi) is 9.44. The third-order valence-electron chi connectivity index (χ3n) is 7.76. The maximum atomic E-state index is 13.6. The molecule has 0 radical (unpaired) electrons. The van der Waals surface area contributed by atoms with Crippen LogP contribution in [0.25, 0.3) is 0 Å². The first-order valence-electron chi connectivity index (χ1n) is 12.8. The highest BCUT2D eigenvalue weighted by Gasteiger charge is 2.54. The Morgan fingerprint density at radius 3 is 2.14 bits per heavy atom. The van der Waals surface area contributed by atoms with E-state index in [4.69, 9.17) is 14.6 Å². The predicted octanol–water partition coefficient (Wildman–Crippen LogP) is 3.20. The van der Waals surface area contributed by atoms with Gasteiger partial charge in [-0.05, 0) is 62.9 Å². The van der Waals surface area contributed by atoms with Gasteiger partial charge in [-0.15, -0.1) is 0 Å². The van der Waals surface area contributed by atoms with Crippen LogP contribution in [0.15, 0.2) is 24.3 Å². The number of carboxylic acids is 1. The van der Waals surface area contributed by atoms with Crippen LogP contribution >= 0.6 is 0 Å². The highest BCUT2D eigenvalue weighted by molar-refractivity contribution is 5.85. The lowest BCUT2D eigenvalue weighted by Gasteiger charge is -2.38. The average molecular weight is 528 g/mol. The van der Waals surface area contributed by atoms with Crippen LogP contribution in [0.5, 0.6) is 5.75 Å². The highest BCUT2D eigenvalue weighted by Crippen LogP contribution is 2.45. The van der Waals surface area contributed by atoms with E-state index in [1.165, 1.54) is 0 Å². The summed E-state index contributed by atoms with van der Waals surface area (Å²) in [5, 5.41) is 7.12. The number of benzene rings is 1. The second kappa shape index (κ2) is 12.1. The lowest BCUT2D eigenvalue weighted by Crippen LogP contribution is -2.50. The van der Waals surface area contributed by atoms with Crippen molar-refractivity contribution in [3.8, 4) is 5.75 Å². The van der Waals surface area contributed by atoms with Crippen molar-refractivity contribution in [2.75, 3.05) is 46.4 Å². The quantitative estimate of drug-likeness (QED) is 0.633. The maximum Gasteiger partial charge on any atom is 0.490 e. The predicted molar refractivity (Wildman–Crippen MR) is 130 cm³/mol. The number of likely N-dealkylation sites (tertiary alicyclic amines) is 3. The monoisotopic (exact) mass is 527 g/mol. The third-order valence-corrected chi connectivity index (χ3v) is 7.76. The van der Waals surface area contributed by atoms with Crippen molar-refractivity contribution in [2.45, 2.75) is 57.7 Å². The fourth-order valence-electron chi connectivity index (χ4n) is 5.74. The van der Waals surface area contributed by atoms with Crippen molar-refractivity contribution in [3.05, 3.63) is 29.8 Å². The van der Waals surface area contributed by atoms with Crippen LogP contribution in [-0.2, 0) is 20.8 Å². The van der Waals surface area contributed by atoms with Crippen molar-refractivity contribution in [1.82, 2.24) is 14.7 Å². The fourth-order valence-corrected chi connectivity index (χ4v) is 5.74. The summed E-state index contributed by atoms with van der Waals surface area (Å²) in [7, 11) is 1.65. The number of aliphatic carboxylic acids is 1. The van der Waals surface area contributed by atoms with Crippen molar-refractivity contribution < 1.29 is 37.4 Å². The Morgan fingerprint density at radius 2 is 1.59 bits per heavy atom. The first kappa shape index (κ1) is 28.7. The number of carboxylic acid groups (broad SMARTS) is 1. The molecule has 1 N–H and O–H groups in total. The van der Waals surface area contributed by atoms with Gasteiger partial charge in [0.15, 0.2) is 0 Å². The molecular weight excluding hydrogens is 491 g/mol. The van der Waals surface area contributed by atoms with E-state index in [2.05, 4.69) is 16.7 Å². The summed E-state index contributed by atoms with van der Waals surface area (Å²) >= 11 is 0. The molecule has 3 saturated heterocycles. The molecule has 11 heteroatoms. The number of ether oxygens (including phenoxy) is 1. The van der Waals surface area contributed by atoms with E-state index < -0.39 is 12.1 Å². The van der Waals surface area contributed by atoms with Crippen LogP contribution < -0.4 is 4.74 Å². The van der Waals surface area contributed by atoms with E-state index in [0.717, 1.165) is 76.1 Å². The fraction of sp³-hybridized carbons (Fsp3) is 0.654. The number of fused-ring (bicyclic) bond motifs is 1. The molecule has 206 valence electrons. The SMILES string of the molecule is CCN1CC[C@@]2(C(=O)N3CCCC3)CCN(C(=O)Cc3ccc(OC)cc3)CC[C@@H]12.O=C(O)C(F)(F)F. The van der Waals surface area contributed by atoms with Gasteiger partial charge in [-0.1, -0.05) is 19.1 Å². The van der Waals surface area contributed by atoms with Crippen molar-refractivity contribution >= 4 is 17.8 Å². The van der Waals surface area contributed by atoms with Gasteiger partial charge in [0.1, 0.15) is 5.75 Å². The van der Waals surface area contributed by atoms with Gasteiger partial charge in [-0.2, -0.15) is 13.2 Å². The molecule has 8 nitrogen and oxygen atoms in total. The van der Waals surface area contributed by atoms with Crippen LogP contribution in [0.3, 0.4) is 0 Å². The Bertz CT molecular complexity index is 950. The summed E-state index contributed by atoms with van der Waals surface area (Å²) in [5.41, 5.74) is 0.693. The topological polar surface area (TPSA) is 90.4 Å². The van der Waals surface area contributed by atoms with Crippen LogP contribution in [0.4, 0.5) is 13.2 Å². The number of halogens is 3. The summed E-state index contributed by atoms with van der Waals surface area (Å²) in [6.07, 6.45) is 0.174. The van der Waals surface area contributed by atoms with Crippen molar-refractivity contribution in [2.24, 2.45) is 5.41 Å². The number of nitrogens with zero attached hydrogens (tertiary/aromatic N) is 3. The number of rotatable bonds is 5. The molecule has 3 aliphatic rings. The van der Waals surface area contributed by atoms with E-state index in [1.54, 1.807) is 7.11 Å². The number of hydrogen-bond donors (Lipinski definition) is 1. The van der Waals surface area contributed by atoms with Crippen LogP contribution in [0.1, 0.15) is 44.6 Å².